The van der Waals surface area contributed by atoms with Crippen LogP contribution in [0.1, 0.15) is 40.5 Å². The molecule has 2 aliphatic rings. The molecule has 0 saturated heterocycles. The number of carbonyl (C=O) groups is 4. The summed E-state index contributed by atoms with van der Waals surface area (Å²) in [6, 6.07) is 11.9. The van der Waals surface area contributed by atoms with Crippen LogP contribution in [0, 0.1) is 0 Å². The van der Waals surface area contributed by atoms with E-state index in [0.29, 0.717) is 47.8 Å². The molecule has 4 amide bonds. The Morgan fingerprint density at radius 2 is 1.68 bits per heavy atom. The maximum absolute atomic E-state index is 12.7. The summed E-state index contributed by atoms with van der Waals surface area (Å²) >= 11 is 0. The lowest BCUT2D eigenvalue weighted by Gasteiger charge is -2.34. The molecule has 0 radical (unpaired) electrons. The summed E-state index contributed by atoms with van der Waals surface area (Å²) in [4.78, 5) is 54.9. The molecule has 34 heavy (non-hydrogen) atoms. The topological polar surface area (TPSA) is 99.3 Å². The first-order valence-electron chi connectivity index (χ1n) is 11.3. The van der Waals surface area contributed by atoms with Gasteiger partial charge in [0.05, 0.1) is 16.8 Å². The van der Waals surface area contributed by atoms with Crippen molar-refractivity contribution in [2.45, 2.75) is 25.9 Å². The van der Waals surface area contributed by atoms with Crippen LogP contribution in [0.4, 0.5) is 11.4 Å². The van der Waals surface area contributed by atoms with Gasteiger partial charge in [0.2, 0.25) is 5.91 Å². The fourth-order valence-electron chi connectivity index (χ4n) is 4.08. The van der Waals surface area contributed by atoms with Crippen molar-refractivity contribution in [1.29, 1.82) is 0 Å². The van der Waals surface area contributed by atoms with E-state index < -0.39 is 6.10 Å². The highest BCUT2D eigenvalue weighted by Gasteiger charge is 2.35. The number of imide groups is 1. The number of hydrogen-bond donors (Lipinski definition) is 1. The minimum atomic E-state index is -0.572. The van der Waals surface area contributed by atoms with Gasteiger partial charge >= 0.3 is 0 Å². The standard InChI is InChI=1S/C25H28N4O5/c1-16-23(31)28(14-13-27(2)3)20-15-17(10-11-21(20)34-16)26-22(30)9-6-12-29-24(32)18-7-4-5-8-19(18)25(29)33/h4-5,7-8,10-11,15-16H,6,9,12-14H2,1-3H3,(H,26,30). The molecule has 4 rings (SSSR count). The first kappa shape index (κ1) is 23.4. The lowest BCUT2D eigenvalue weighted by Crippen LogP contribution is -2.46. The van der Waals surface area contributed by atoms with Crippen molar-refractivity contribution in [2.75, 3.05) is 43.9 Å². The fraction of sp³-hybridized carbons (Fsp3) is 0.360. The lowest BCUT2D eigenvalue weighted by atomic mass is 10.1. The number of benzene rings is 2. The van der Waals surface area contributed by atoms with Crippen LogP contribution >= 0.6 is 0 Å². The van der Waals surface area contributed by atoms with Crippen molar-refractivity contribution in [3.63, 3.8) is 0 Å². The number of carbonyl (C=O) groups excluding carboxylic acids is 4. The van der Waals surface area contributed by atoms with Crippen LogP contribution in [0.2, 0.25) is 0 Å². The Labute approximate surface area is 198 Å². The van der Waals surface area contributed by atoms with E-state index in [2.05, 4.69) is 5.32 Å². The lowest BCUT2D eigenvalue weighted by molar-refractivity contribution is -0.125. The Morgan fingerprint density at radius 1 is 1.00 bits per heavy atom. The molecule has 2 aromatic carbocycles. The second kappa shape index (κ2) is 9.64. The Hall–Kier alpha value is -3.72. The third-order valence-corrected chi connectivity index (χ3v) is 5.89. The number of likely N-dealkylation sites (N-methyl/N-ethyl adjacent to an activating group) is 1. The van der Waals surface area contributed by atoms with E-state index in [0.717, 1.165) is 0 Å². The maximum atomic E-state index is 12.7. The van der Waals surface area contributed by atoms with Gasteiger partial charge in [0, 0.05) is 31.7 Å². The third-order valence-electron chi connectivity index (χ3n) is 5.89. The molecule has 2 aliphatic heterocycles. The van der Waals surface area contributed by atoms with Crippen molar-refractivity contribution in [3.8, 4) is 5.75 Å². The molecular weight excluding hydrogens is 436 g/mol. The van der Waals surface area contributed by atoms with E-state index >= 15 is 0 Å². The average molecular weight is 465 g/mol. The van der Waals surface area contributed by atoms with E-state index in [1.54, 1.807) is 54.3 Å². The summed E-state index contributed by atoms with van der Waals surface area (Å²) in [7, 11) is 3.88. The molecule has 0 bridgehead atoms. The molecule has 0 spiro atoms. The molecule has 2 aromatic rings. The van der Waals surface area contributed by atoms with Crippen LogP contribution in [-0.2, 0) is 9.59 Å². The van der Waals surface area contributed by atoms with Gasteiger partial charge in [-0.15, -0.1) is 0 Å². The van der Waals surface area contributed by atoms with Crippen molar-refractivity contribution in [1.82, 2.24) is 9.80 Å². The first-order chi connectivity index (χ1) is 16.3. The number of rotatable bonds is 8. The molecule has 0 aliphatic carbocycles. The fourth-order valence-corrected chi connectivity index (χ4v) is 4.08. The number of nitrogens with zero attached hydrogens (tertiary/aromatic N) is 3. The van der Waals surface area contributed by atoms with Crippen molar-refractivity contribution in [3.05, 3.63) is 53.6 Å². The Balaban J connectivity index is 1.36. The molecule has 9 nitrogen and oxygen atoms in total. The maximum Gasteiger partial charge on any atom is 0.267 e. The normalized spacial score (nSPS) is 17.1. The monoisotopic (exact) mass is 464 g/mol. The van der Waals surface area contributed by atoms with Gasteiger partial charge < -0.3 is 19.9 Å². The minimum absolute atomic E-state index is 0.126. The Morgan fingerprint density at radius 3 is 2.32 bits per heavy atom. The van der Waals surface area contributed by atoms with Crippen LogP contribution in [0.25, 0.3) is 0 Å². The summed E-state index contributed by atoms with van der Waals surface area (Å²) in [5.41, 5.74) is 1.96. The van der Waals surface area contributed by atoms with Gasteiger partial charge in [0.15, 0.2) is 6.10 Å². The number of anilines is 2. The van der Waals surface area contributed by atoms with E-state index in [9.17, 15) is 19.2 Å². The summed E-state index contributed by atoms with van der Waals surface area (Å²) in [6.07, 6.45) is -0.0882. The number of ether oxygens (including phenoxy) is 1. The molecule has 1 unspecified atom stereocenters. The molecule has 1 atom stereocenters. The van der Waals surface area contributed by atoms with Crippen LogP contribution in [0.5, 0.6) is 5.75 Å². The predicted molar refractivity (Wildman–Crippen MR) is 127 cm³/mol. The van der Waals surface area contributed by atoms with E-state index in [1.807, 2.05) is 19.0 Å². The van der Waals surface area contributed by atoms with Gasteiger partial charge in [0.1, 0.15) is 5.75 Å². The minimum Gasteiger partial charge on any atom is -0.479 e. The van der Waals surface area contributed by atoms with Gasteiger partial charge in [-0.3, -0.25) is 24.1 Å². The van der Waals surface area contributed by atoms with Crippen LogP contribution in [-0.4, -0.2) is 73.3 Å². The molecule has 0 aromatic heterocycles. The zero-order chi connectivity index (χ0) is 24.4. The third kappa shape index (κ3) is 4.65. The van der Waals surface area contributed by atoms with Crippen LogP contribution < -0.4 is 15.0 Å². The number of amides is 4. The molecule has 1 N–H and O–H groups in total. The first-order valence-corrected chi connectivity index (χ1v) is 11.3. The zero-order valence-electron chi connectivity index (χ0n) is 19.5. The van der Waals surface area contributed by atoms with Gasteiger partial charge in [-0.1, -0.05) is 12.1 Å². The van der Waals surface area contributed by atoms with Gasteiger partial charge in [-0.2, -0.15) is 0 Å². The number of hydrogen-bond acceptors (Lipinski definition) is 6. The Bertz CT molecular complexity index is 1110. The van der Waals surface area contributed by atoms with Gasteiger partial charge in [-0.25, -0.2) is 0 Å². The van der Waals surface area contributed by atoms with Crippen molar-refractivity contribution >= 4 is 35.0 Å². The highest BCUT2D eigenvalue weighted by atomic mass is 16.5. The summed E-state index contributed by atoms with van der Waals surface area (Å²) in [5, 5.41) is 2.84. The highest BCUT2D eigenvalue weighted by Crippen LogP contribution is 2.36. The molecule has 2 heterocycles. The molecule has 0 fully saturated rings. The van der Waals surface area contributed by atoms with Gasteiger partial charge in [0.25, 0.3) is 17.7 Å². The van der Waals surface area contributed by atoms with Crippen LogP contribution in [0.3, 0.4) is 0 Å². The highest BCUT2D eigenvalue weighted by molar-refractivity contribution is 6.21. The molecule has 178 valence electrons. The number of fused-ring (bicyclic) bond motifs is 2. The van der Waals surface area contributed by atoms with Gasteiger partial charge in [-0.05, 0) is 57.8 Å². The zero-order valence-corrected chi connectivity index (χ0v) is 19.5. The second-order valence-corrected chi connectivity index (χ2v) is 8.69. The predicted octanol–water partition coefficient (Wildman–Crippen LogP) is 2.38. The summed E-state index contributed by atoms with van der Waals surface area (Å²) in [6.45, 7) is 3.08. The SMILES string of the molecule is CC1Oc2ccc(NC(=O)CCCN3C(=O)c4ccccc4C3=O)cc2N(CCN(C)C)C1=O. The second-order valence-electron chi connectivity index (χ2n) is 8.69. The van der Waals surface area contributed by atoms with Crippen molar-refractivity contribution in [2.24, 2.45) is 0 Å². The summed E-state index contributed by atoms with van der Waals surface area (Å²) < 4.78 is 5.72. The molecule has 9 heteroatoms. The van der Waals surface area contributed by atoms with E-state index in [1.165, 1.54) is 4.90 Å². The van der Waals surface area contributed by atoms with Crippen molar-refractivity contribution < 1.29 is 23.9 Å². The largest absolute Gasteiger partial charge is 0.479 e. The van der Waals surface area contributed by atoms with Crippen LogP contribution in [0.15, 0.2) is 42.5 Å². The Kier molecular flexibility index (Phi) is 6.65. The molecular formula is C25H28N4O5. The number of nitrogens with one attached hydrogen (secondary N) is 1. The summed E-state index contributed by atoms with van der Waals surface area (Å²) in [5.74, 6) is -0.430. The average Bonchev–Trinajstić information content (AvgIpc) is 3.04. The molecule has 0 saturated carbocycles. The smallest absolute Gasteiger partial charge is 0.267 e. The van der Waals surface area contributed by atoms with E-state index in [-0.39, 0.29) is 36.6 Å². The quantitative estimate of drug-likeness (QED) is 0.603. The van der Waals surface area contributed by atoms with E-state index in [4.69, 9.17) is 4.74 Å².